The van der Waals surface area contributed by atoms with E-state index in [0.29, 0.717) is 12.3 Å². The first-order chi connectivity index (χ1) is 19.1. The summed E-state index contributed by atoms with van der Waals surface area (Å²) < 4.78 is 27.2. The molecule has 1 fully saturated rings. The zero-order valence-electron chi connectivity index (χ0n) is 23.0. The maximum Gasteiger partial charge on any atom is 0.318 e. The number of halogens is 2. The summed E-state index contributed by atoms with van der Waals surface area (Å²) in [6.45, 7) is 4.50. The highest BCUT2D eigenvalue weighted by Crippen LogP contribution is 2.22. The minimum absolute atomic E-state index is 0.0266. The Morgan fingerprint density at radius 2 is 1.75 bits per heavy atom. The lowest BCUT2D eigenvalue weighted by Crippen LogP contribution is -2.53. The molecule has 0 aromatic heterocycles. The molecular formula is C31H36F2N4O3. The number of nitrogens with one attached hydrogen (secondary N) is 2. The third-order valence-electron chi connectivity index (χ3n) is 7.13. The Kier molecular flexibility index (Phi) is 9.37. The van der Waals surface area contributed by atoms with Crippen LogP contribution in [0.5, 0.6) is 0 Å². The van der Waals surface area contributed by atoms with Crippen LogP contribution in [0.3, 0.4) is 0 Å². The molecule has 0 saturated carbocycles. The van der Waals surface area contributed by atoms with E-state index in [2.05, 4.69) is 36.6 Å². The van der Waals surface area contributed by atoms with Gasteiger partial charge in [-0.15, -0.1) is 0 Å². The fourth-order valence-corrected chi connectivity index (χ4v) is 4.87. The van der Waals surface area contributed by atoms with Gasteiger partial charge in [-0.1, -0.05) is 56.3 Å². The van der Waals surface area contributed by atoms with Gasteiger partial charge in [0.15, 0.2) is 0 Å². The number of anilines is 1. The van der Waals surface area contributed by atoms with Crippen LogP contribution in [0.15, 0.2) is 72.8 Å². The largest absolute Gasteiger partial charge is 0.389 e. The molecular weight excluding hydrogens is 514 g/mol. The summed E-state index contributed by atoms with van der Waals surface area (Å²) in [6, 6.07) is 18.8. The molecule has 1 aliphatic heterocycles. The smallest absolute Gasteiger partial charge is 0.318 e. The molecule has 1 heterocycles. The van der Waals surface area contributed by atoms with Crippen molar-refractivity contribution in [3.05, 3.63) is 101 Å². The summed E-state index contributed by atoms with van der Waals surface area (Å²) in [5, 5.41) is 16.9. The van der Waals surface area contributed by atoms with Crippen LogP contribution < -0.4 is 15.5 Å². The number of hydrogen-bond acceptors (Lipinski definition) is 4. The maximum absolute atomic E-state index is 13.6. The van der Waals surface area contributed by atoms with E-state index in [4.69, 9.17) is 0 Å². The molecule has 212 valence electrons. The number of amides is 3. The first-order valence-electron chi connectivity index (χ1n) is 13.4. The van der Waals surface area contributed by atoms with E-state index in [-0.39, 0.29) is 25.2 Å². The molecule has 3 atom stereocenters. The van der Waals surface area contributed by atoms with Crippen LogP contribution in [-0.2, 0) is 17.8 Å². The van der Waals surface area contributed by atoms with Crippen molar-refractivity contribution in [2.75, 3.05) is 25.0 Å². The number of aliphatic hydroxyl groups excluding tert-OH is 1. The second-order valence-electron chi connectivity index (χ2n) is 10.7. The Morgan fingerprint density at radius 3 is 2.42 bits per heavy atom. The Hall–Kier alpha value is -3.98. The lowest BCUT2D eigenvalue weighted by Gasteiger charge is -2.30. The van der Waals surface area contributed by atoms with Crippen LogP contribution in [0.4, 0.5) is 19.3 Å². The van der Waals surface area contributed by atoms with Gasteiger partial charge in [-0.25, -0.2) is 13.6 Å². The number of hydrogen-bond donors (Lipinski definition) is 3. The van der Waals surface area contributed by atoms with Gasteiger partial charge in [-0.2, -0.15) is 0 Å². The number of carbonyl (C=O) groups is 2. The van der Waals surface area contributed by atoms with Crippen LogP contribution in [0.2, 0.25) is 0 Å². The van der Waals surface area contributed by atoms with Gasteiger partial charge < -0.3 is 25.5 Å². The minimum Gasteiger partial charge on any atom is -0.389 e. The topological polar surface area (TPSA) is 84.9 Å². The number of nitrogens with zero attached hydrogens (tertiary/aromatic N) is 2. The molecule has 4 rings (SSSR count). The maximum atomic E-state index is 13.6. The van der Waals surface area contributed by atoms with Gasteiger partial charge in [0.05, 0.1) is 18.7 Å². The molecule has 3 aromatic carbocycles. The van der Waals surface area contributed by atoms with Gasteiger partial charge in [0.2, 0.25) is 5.91 Å². The number of rotatable bonds is 11. The normalized spacial score (nSPS) is 16.5. The Balaban J connectivity index is 1.44. The lowest BCUT2D eigenvalue weighted by atomic mass is 9.99. The van der Waals surface area contributed by atoms with E-state index < -0.39 is 41.8 Å². The molecule has 3 aromatic rings. The molecule has 7 nitrogen and oxygen atoms in total. The van der Waals surface area contributed by atoms with E-state index in [1.165, 1.54) is 10.5 Å². The zero-order chi connectivity index (χ0) is 28.8. The van der Waals surface area contributed by atoms with Gasteiger partial charge in [0, 0.05) is 31.9 Å². The Labute approximate surface area is 233 Å². The summed E-state index contributed by atoms with van der Waals surface area (Å²) in [4.78, 5) is 29.1. The van der Waals surface area contributed by atoms with Crippen molar-refractivity contribution >= 4 is 17.6 Å². The van der Waals surface area contributed by atoms with Crippen molar-refractivity contribution in [3.8, 4) is 0 Å². The molecule has 0 radical (unpaired) electrons. The highest BCUT2D eigenvalue weighted by Gasteiger charge is 2.35. The lowest BCUT2D eigenvalue weighted by molar-refractivity contribution is -0.124. The number of urea groups is 1. The van der Waals surface area contributed by atoms with Crippen LogP contribution in [0, 0.1) is 11.6 Å². The van der Waals surface area contributed by atoms with E-state index in [0.717, 1.165) is 29.4 Å². The second kappa shape index (κ2) is 12.9. The van der Waals surface area contributed by atoms with E-state index in [9.17, 15) is 23.5 Å². The molecule has 0 bridgehead atoms. The Bertz CT molecular complexity index is 1300. The third kappa shape index (κ3) is 7.57. The molecule has 3 amide bonds. The average Bonchev–Trinajstić information content (AvgIpc) is 3.28. The standard InChI is InChI=1S/C31H36F2N4O3/c1-20(2)23-10-7-11-26(15-23)36(3)19-29(38)27(14-21-8-5-4-6-9-21)34-30(39)28-18-37(31(40)35-28)17-22-12-24(32)16-25(33)13-22/h4-13,15-16,20,27-29,38H,14,17-19H2,1-3H3,(H,34,39)(H,35,40)/t27-,28-,29+/m0/s1. The molecule has 3 N–H and O–H groups in total. The SMILES string of the molecule is CC(C)c1cccc(N(C)C[C@@H](O)[C@H](Cc2ccccc2)NC(=O)[C@@H]2CN(Cc3cc(F)cc(F)c3)C(=O)N2)c1. The second-order valence-corrected chi connectivity index (χ2v) is 10.7. The van der Waals surface area contributed by atoms with Crippen LogP contribution >= 0.6 is 0 Å². The molecule has 0 aliphatic carbocycles. The van der Waals surface area contributed by atoms with Crippen LogP contribution in [-0.4, -0.2) is 60.3 Å². The van der Waals surface area contributed by atoms with Crippen molar-refractivity contribution < 1.29 is 23.5 Å². The van der Waals surface area contributed by atoms with Crippen molar-refractivity contribution in [1.29, 1.82) is 0 Å². The summed E-state index contributed by atoms with van der Waals surface area (Å²) >= 11 is 0. The monoisotopic (exact) mass is 550 g/mol. The number of aliphatic hydroxyl groups is 1. The van der Waals surface area contributed by atoms with Crippen LogP contribution in [0.25, 0.3) is 0 Å². The first-order valence-corrected chi connectivity index (χ1v) is 13.4. The van der Waals surface area contributed by atoms with Gasteiger partial charge in [0.25, 0.3) is 0 Å². The molecule has 0 unspecified atom stereocenters. The zero-order valence-corrected chi connectivity index (χ0v) is 23.0. The number of benzene rings is 3. The highest BCUT2D eigenvalue weighted by atomic mass is 19.1. The molecule has 9 heteroatoms. The quantitative estimate of drug-likeness (QED) is 0.334. The molecule has 1 saturated heterocycles. The van der Waals surface area contributed by atoms with Gasteiger partial charge in [-0.3, -0.25) is 4.79 Å². The van der Waals surface area contributed by atoms with Crippen molar-refractivity contribution in [2.45, 2.75) is 50.9 Å². The van der Waals surface area contributed by atoms with Gasteiger partial charge in [-0.05, 0) is 53.3 Å². The predicted molar refractivity (Wildman–Crippen MR) is 151 cm³/mol. The van der Waals surface area contributed by atoms with Crippen molar-refractivity contribution in [2.24, 2.45) is 0 Å². The Morgan fingerprint density at radius 1 is 1.05 bits per heavy atom. The van der Waals surface area contributed by atoms with Crippen molar-refractivity contribution in [3.63, 3.8) is 0 Å². The first kappa shape index (κ1) is 29.0. The predicted octanol–water partition coefficient (Wildman–Crippen LogP) is 4.21. The highest BCUT2D eigenvalue weighted by molar-refractivity contribution is 5.90. The number of carbonyl (C=O) groups excluding carboxylic acids is 2. The van der Waals surface area contributed by atoms with E-state index in [1.54, 1.807) is 0 Å². The fourth-order valence-electron chi connectivity index (χ4n) is 4.87. The van der Waals surface area contributed by atoms with Crippen molar-refractivity contribution in [1.82, 2.24) is 15.5 Å². The van der Waals surface area contributed by atoms with E-state index in [1.807, 2.05) is 54.4 Å². The summed E-state index contributed by atoms with van der Waals surface area (Å²) in [5.74, 6) is -1.54. The molecule has 0 spiro atoms. The third-order valence-corrected chi connectivity index (χ3v) is 7.13. The number of likely N-dealkylation sites (N-methyl/N-ethyl adjacent to an activating group) is 1. The molecule has 40 heavy (non-hydrogen) atoms. The van der Waals surface area contributed by atoms with E-state index >= 15 is 0 Å². The van der Waals surface area contributed by atoms with Gasteiger partial charge in [0.1, 0.15) is 17.7 Å². The fraction of sp³-hybridized carbons (Fsp3) is 0.355. The average molecular weight is 551 g/mol. The summed E-state index contributed by atoms with van der Waals surface area (Å²) in [7, 11) is 1.90. The summed E-state index contributed by atoms with van der Waals surface area (Å²) in [5.41, 5.74) is 3.38. The summed E-state index contributed by atoms with van der Waals surface area (Å²) in [6.07, 6.45) is -0.527. The van der Waals surface area contributed by atoms with Gasteiger partial charge >= 0.3 is 6.03 Å². The molecule has 1 aliphatic rings. The van der Waals surface area contributed by atoms with Crippen LogP contribution in [0.1, 0.15) is 36.5 Å². The minimum atomic E-state index is -0.916.